The zero-order valence-corrected chi connectivity index (χ0v) is 15.1. The third kappa shape index (κ3) is 5.59. The predicted molar refractivity (Wildman–Crippen MR) is 90.9 cm³/mol. The lowest BCUT2D eigenvalue weighted by atomic mass is 10.2. The lowest BCUT2D eigenvalue weighted by molar-refractivity contribution is -0.128. The molecule has 24 heavy (non-hydrogen) atoms. The Bertz CT molecular complexity index is 717. The lowest BCUT2D eigenvalue weighted by Crippen LogP contribution is -2.34. The zero-order valence-electron chi connectivity index (χ0n) is 14.3. The number of benzene rings is 1. The van der Waals surface area contributed by atoms with Gasteiger partial charge in [0, 0.05) is 26.2 Å². The molecule has 1 atom stereocenters. The molecule has 0 fully saturated rings. The van der Waals surface area contributed by atoms with Crippen LogP contribution in [0.3, 0.4) is 0 Å². The molecule has 8 heteroatoms. The van der Waals surface area contributed by atoms with Crippen LogP contribution >= 0.6 is 0 Å². The molecule has 0 aliphatic heterocycles. The highest BCUT2D eigenvalue weighted by Gasteiger charge is 2.28. The van der Waals surface area contributed by atoms with Crippen LogP contribution in [0.5, 0.6) is 0 Å². The summed E-state index contributed by atoms with van der Waals surface area (Å²) in [7, 11) is -0.517. The largest absolute Gasteiger partial charge is 0.349 e. The van der Waals surface area contributed by atoms with Gasteiger partial charge in [0.1, 0.15) is 11.1 Å². The summed E-state index contributed by atoms with van der Waals surface area (Å²) in [6, 6.07) is 3.90. The smallest absolute Gasteiger partial charge is 0.242 e. The first-order chi connectivity index (χ1) is 11.0. The number of hydrogen-bond acceptors (Lipinski definition) is 4. The standard InChI is InChI=1S/C16H23FN2O4S/c1-11-7-8-13(17)10-14(11)18-16(21)12(2)24(22,23)9-5-6-15(20)19(3)4/h7-8,10,12H,5-6,9H2,1-4H3,(H,18,21). The third-order valence-corrected chi connectivity index (χ3v) is 5.83. The normalized spacial score (nSPS) is 12.5. The monoisotopic (exact) mass is 358 g/mol. The van der Waals surface area contributed by atoms with E-state index in [1.165, 1.54) is 24.0 Å². The molecule has 0 radical (unpaired) electrons. The van der Waals surface area contributed by atoms with Crippen LogP contribution in [0.4, 0.5) is 10.1 Å². The number of anilines is 1. The average Bonchev–Trinajstić information content (AvgIpc) is 2.49. The molecule has 6 nitrogen and oxygen atoms in total. The van der Waals surface area contributed by atoms with Crippen LogP contribution in [0, 0.1) is 12.7 Å². The molecule has 0 heterocycles. The van der Waals surface area contributed by atoms with E-state index in [2.05, 4.69) is 5.32 Å². The van der Waals surface area contributed by atoms with E-state index >= 15 is 0 Å². The molecule has 1 aromatic rings. The van der Waals surface area contributed by atoms with Gasteiger partial charge < -0.3 is 10.2 Å². The van der Waals surface area contributed by atoms with E-state index in [0.29, 0.717) is 5.56 Å². The number of carbonyl (C=O) groups is 2. The molecule has 1 N–H and O–H groups in total. The van der Waals surface area contributed by atoms with Crippen molar-refractivity contribution in [1.29, 1.82) is 0 Å². The van der Waals surface area contributed by atoms with Crippen molar-refractivity contribution < 1.29 is 22.4 Å². The SMILES string of the molecule is Cc1ccc(F)cc1NC(=O)C(C)S(=O)(=O)CCCC(=O)N(C)C. The Morgan fingerprint density at radius 1 is 1.29 bits per heavy atom. The van der Waals surface area contributed by atoms with Gasteiger partial charge in [0.25, 0.3) is 0 Å². The van der Waals surface area contributed by atoms with Gasteiger partial charge in [-0.15, -0.1) is 0 Å². The van der Waals surface area contributed by atoms with E-state index in [0.717, 1.165) is 6.07 Å². The summed E-state index contributed by atoms with van der Waals surface area (Å²) in [6.07, 6.45) is 0.250. The van der Waals surface area contributed by atoms with E-state index in [4.69, 9.17) is 0 Å². The molecule has 0 aromatic heterocycles. The van der Waals surface area contributed by atoms with Gasteiger partial charge in [0.15, 0.2) is 9.84 Å². The van der Waals surface area contributed by atoms with E-state index in [1.807, 2.05) is 0 Å². The minimum Gasteiger partial charge on any atom is -0.349 e. The number of aryl methyl sites for hydroxylation is 1. The van der Waals surface area contributed by atoms with Crippen molar-refractivity contribution in [1.82, 2.24) is 4.90 Å². The van der Waals surface area contributed by atoms with Crippen LogP contribution in [-0.4, -0.2) is 50.2 Å². The molecule has 0 saturated carbocycles. The summed E-state index contributed by atoms with van der Waals surface area (Å²) in [5, 5.41) is 1.16. The molecule has 1 unspecified atom stereocenters. The number of sulfone groups is 1. The second-order valence-electron chi connectivity index (χ2n) is 5.85. The summed E-state index contributed by atoms with van der Waals surface area (Å²) < 4.78 is 37.6. The molecule has 0 aliphatic rings. The molecular formula is C16H23FN2O4S. The number of carbonyl (C=O) groups excluding carboxylic acids is 2. The number of nitrogens with zero attached hydrogens (tertiary/aromatic N) is 1. The van der Waals surface area contributed by atoms with Crippen molar-refractivity contribution in [3.8, 4) is 0 Å². The van der Waals surface area contributed by atoms with Crippen molar-refractivity contribution in [2.75, 3.05) is 25.2 Å². The Morgan fingerprint density at radius 2 is 1.92 bits per heavy atom. The number of halogens is 1. The predicted octanol–water partition coefficient (Wildman–Crippen LogP) is 1.74. The highest BCUT2D eigenvalue weighted by Crippen LogP contribution is 2.17. The van der Waals surface area contributed by atoms with Crippen LogP contribution in [0.1, 0.15) is 25.3 Å². The van der Waals surface area contributed by atoms with Crippen molar-refractivity contribution in [2.24, 2.45) is 0 Å². The minimum atomic E-state index is -3.70. The van der Waals surface area contributed by atoms with Crippen LogP contribution in [0.25, 0.3) is 0 Å². The maximum Gasteiger partial charge on any atom is 0.242 e. The van der Waals surface area contributed by atoms with Crippen molar-refractivity contribution in [3.63, 3.8) is 0 Å². The van der Waals surface area contributed by atoms with Gasteiger partial charge in [-0.2, -0.15) is 0 Å². The highest BCUT2D eigenvalue weighted by molar-refractivity contribution is 7.92. The Labute approximate surface area is 142 Å². The Balaban J connectivity index is 2.69. The number of amides is 2. The Hall–Kier alpha value is -1.96. The van der Waals surface area contributed by atoms with Gasteiger partial charge in [-0.1, -0.05) is 6.07 Å². The van der Waals surface area contributed by atoms with E-state index in [1.54, 1.807) is 21.0 Å². The zero-order chi connectivity index (χ0) is 18.5. The molecular weight excluding hydrogens is 335 g/mol. The number of hydrogen-bond donors (Lipinski definition) is 1. The fraction of sp³-hybridized carbons (Fsp3) is 0.500. The summed E-state index contributed by atoms with van der Waals surface area (Å²) in [4.78, 5) is 25.0. The first-order valence-electron chi connectivity index (χ1n) is 7.53. The summed E-state index contributed by atoms with van der Waals surface area (Å²) >= 11 is 0. The van der Waals surface area contributed by atoms with Gasteiger partial charge in [0.2, 0.25) is 11.8 Å². The molecule has 0 saturated heterocycles. The van der Waals surface area contributed by atoms with Gasteiger partial charge in [-0.05, 0) is 38.0 Å². The fourth-order valence-electron chi connectivity index (χ4n) is 1.95. The van der Waals surface area contributed by atoms with Crippen molar-refractivity contribution in [2.45, 2.75) is 31.9 Å². The van der Waals surface area contributed by atoms with Gasteiger partial charge in [0.05, 0.1) is 5.75 Å². The van der Waals surface area contributed by atoms with Gasteiger partial charge >= 0.3 is 0 Å². The van der Waals surface area contributed by atoms with Gasteiger partial charge in [-0.25, -0.2) is 12.8 Å². The van der Waals surface area contributed by atoms with Crippen LogP contribution in [-0.2, 0) is 19.4 Å². The van der Waals surface area contributed by atoms with E-state index < -0.39 is 26.8 Å². The fourth-order valence-corrected chi connectivity index (χ4v) is 3.24. The molecule has 1 rings (SSSR count). The maximum absolute atomic E-state index is 13.2. The maximum atomic E-state index is 13.2. The Kier molecular flexibility index (Phi) is 6.89. The highest BCUT2D eigenvalue weighted by atomic mass is 32.2. The first kappa shape index (κ1) is 20.1. The second-order valence-corrected chi connectivity index (χ2v) is 8.29. The van der Waals surface area contributed by atoms with E-state index in [-0.39, 0.29) is 30.2 Å². The molecule has 0 bridgehead atoms. The number of rotatable bonds is 7. The lowest BCUT2D eigenvalue weighted by Gasteiger charge is -2.15. The summed E-state index contributed by atoms with van der Waals surface area (Å²) in [6.45, 7) is 2.97. The molecule has 0 aliphatic carbocycles. The molecule has 1 aromatic carbocycles. The molecule has 2 amide bonds. The molecule has 134 valence electrons. The molecule has 0 spiro atoms. The van der Waals surface area contributed by atoms with Crippen molar-refractivity contribution in [3.05, 3.63) is 29.6 Å². The second kappa shape index (κ2) is 8.23. The van der Waals surface area contributed by atoms with Gasteiger partial charge in [-0.3, -0.25) is 9.59 Å². The summed E-state index contributed by atoms with van der Waals surface area (Å²) in [5.74, 6) is -1.67. The quantitative estimate of drug-likeness (QED) is 0.805. The van der Waals surface area contributed by atoms with Crippen LogP contribution in [0.15, 0.2) is 18.2 Å². The summed E-state index contributed by atoms with van der Waals surface area (Å²) in [5.41, 5.74) is 0.871. The number of nitrogens with one attached hydrogen (secondary N) is 1. The van der Waals surface area contributed by atoms with E-state index in [9.17, 15) is 22.4 Å². The minimum absolute atomic E-state index is 0.101. The van der Waals surface area contributed by atoms with Crippen LogP contribution < -0.4 is 5.32 Å². The Morgan fingerprint density at radius 3 is 2.50 bits per heavy atom. The van der Waals surface area contributed by atoms with Crippen molar-refractivity contribution >= 4 is 27.3 Å². The average molecular weight is 358 g/mol. The van der Waals surface area contributed by atoms with Crippen LogP contribution in [0.2, 0.25) is 0 Å². The first-order valence-corrected chi connectivity index (χ1v) is 9.25. The third-order valence-electron chi connectivity index (χ3n) is 3.68. The topological polar surface area (TPSA) is 83.5 Å².